The van der Waals surface area contributed by atoms with Crippen LogP contribution in [-0.2, 0) is 0 Å². The van der Waals surface area contributed by atoms with Crippen LogP contribution in [-0.4, -0.2) is 9.97 Å². The van der Waals surface area contributed by atoms with Crippen molar-refractivity contribution in [3.8, 4) is 11.3 Å². The average molecular weight is 228 g/mol. The number of hydrogen-bond donors (Lipinski definition) is 1. The van der Waals surface area contributed by atoms with E-state index in [4.69, 9.17) is 0 Å². The molecule has 17 heavy (non-hydrogen) atoms. The van der Waals surface area contributed by atoms with Crippen LogP contribution in [0.3, 0.4) is 0 Å². The highest BCUT2D eigenvalue weighted by Gasteiger charge is 2.06. The van der Waals surface area contributed by atoms with Crippen molar-refractivity contribution in [3.63, 3.8) is 0 Å². The first-order valence-corrected chi connectivity index (χ1v) is 6.23. The van der Waals surface area contributed by atoms with Gasteiger partial charge in [-0.15, -0.1) is 0 Å². The average Bonchev–Trinajstić information content (AvgIpc) is 2.78. The zero-order valence-corrected chi connectivity index (χ0v) is 11.0. The molecule has 0 saturated carbocycles. The summed E-state index contributed by atoms with van der Waals surface area (Å²) in [7, 11) is 0. The first kappa shape index (κ1) is 11.9. The lowest BCUT2D eigenvalue weighted by molar-refractivity contribution is 0.795. The van der Waals surface area contributed by atoms with E-state index in [0.29, 0.717) is 11.8 Å². The summed E-state index contributed by atoms with van der Waals surface area (Å²) in [6.45, 7) is 8.71. The van der Waals surface area contributed by atoms with Crippen LogP contribution >= 0.6 is 0 Å². The monoisotopic (exact) mass is 228 g/mol. The number of hydrogen-bond acceptors (Lipinski definition) is 1. The van der Waals surface area contributed by atoms with Gasteiger partial charge >= 0.3 is 0 Å². The van der Waals surface area contributed by atoms with E-state index in [1.165, 1.54) is 11.1 Å². The normalized spacial score (nSPS) is 11.4. The third-order valence-corrected chi connectivity index (χ3v) is 3.03. The van der Waals surface area contributed by atoms with Crippen molar-refractivity contribution in [3.05, 3.63) is 41.9 Å². The van der Waals surface area contributed by atoms with Gasteiger partial charge < -0.3 is 4.98 Å². The summed E-state index contributed by atoms with van der Waals surface area (Å²) >= 11 is 0. The number of nitrogens with one attached hydrogen (secondary N) is 1. The van der Waals surface area contributed by atoms with E-state index in [-0.39, 0.29) is 0 Å². The van der Waals surface area contributed by atoms with Gasteiger partial charge in [0.1, 0.15) is 5.82 Å². The second-order valence-electron chi connectivity index (χ2n) is 5.11. The topological polar surface area (TPSA) is 28.7 Å². The summed E-state index contributed by atoms with van der Waals surface area (Å²) < 4.78 is 0. The molecule has 0 spiro atoms. The highest BCUT2D eigenvalue weighted by molar-refractivity contribution is 5.59. The number of rotatable bonds is 3. The van der Waals surface area contributed by atoms with Crippen LogP contribution in [0.25, 0.3) is 11.3 Å². The molecule has 0 unspecified atom stereocenters. The second-order valence-corrected chi connectivity index (χ2v) is 5.11. The number of nitrogens with zero attached hydrogens (tertiary/aromatic N) is 1. The lowest BCUT2D eigenvalue weighted by atomic mass is 10.0. The molecule has 2 nitrogen and oxygen atoms in total. The van der Waals surface area contributed by atoms with Gasteiger partial charge in [-0.3, -0.25) is 0 Å². The SMILES string of the molecule is CC(C)c1ccc(-c2cnc(C(C)C)[nH]2)cc1. The summed E-state index contributed by atoms with van der Waals surface area (Å²) in [6, 6.07) is 8.70. The van der Waals surface area contributed by atoms with Crippen LogP contribution in [0.4, 0.5) is 0 Å². The Kier molecular flexibility index (Phi) is 3.32. The van der Waals surface area contributed by atoms with Gasteiger partial charge in [-0.2, -0.15) is 0 Å². The van der Waals surface area contributed by atoms with E-state index in [9.17, 15) is 0 Å². The molecular formula is C15H20N2. The van der Waals surface area contributed by atoms with E-state index >= 15 is 0 Å². The fourth-order valence-corrected chi connectivity index (χ4v) is 1.82. The van der Waals surface area contributed by atoms with Crippen molar-refractivity contribution < 1.29 is 0 Å². The Morgan fingerprint density at radius 2 is 1.59 bits per heavy atom. The highest BCUT2D eigenvalue weighted by Crippen LogP contribution is 2.22. The standard InChI is InChI=1S/C15H20N2/c1-10(2)12-5-7-13(8-6-12)14-9-16-15(17-14)11(3)4/h5-11H,1-4H3,(H,16,17). The molecule has 0 radical (unpaired) electrons. The van der Waals surface area contributed by atoms with Crippen molar-refractivity contribution >= 4 is 0 Å². The molecule has 0 bridgehead atoms. The van der Waals surface area contributed by atoms with Crippen molar-refractivity contribution in [2.24, 2.45) is 0 Å². The van der Waals surface area contributed by atoms with Crippen molar-refractivity contribution in [2.75, 3.05) is 0 Å². The number of imidazole rings is 1. The van der Waals surface area contributed by atoms with Gasteiger partial charge in [0.15, 0.2) is 0 Å². The smallest absolute Gasteiger partial charge is 0.109 e. The van der Waals surface area contributed by atoms with Crippen molar-refractivity contribution in [2.45, 2.75) is 39.5 Å². The Morgan fingerprint density at radius 3 is 2.06 bits per heavy atom. The molecule has 0 aliphatic heterocycles. The maximum Gasteiger partial charge on any atom is 0.109 e. The van der Waals surface area contributed by atoms with Crippen LogP contribution in [0.2, 0.25) is 0 Å². The minimum Gasteiger partial charge on any atom is -0.342 e. The first-order chi connectivity index (χ1) is 8.08. The Hall–Kier alpha value is -1.57. The number of aromatic amines is 1. The van der Waals surface area contributed by atoms with E-state index in [1.807, 2.05) is 6.20 Å². The van der Waals surface area contributed by atoms with E-state index in [0.717, 1.165) is 11.5 Å². The molecular weight excluding hydrogens is 208 g/mol. The summed E-state index contributed by atoms with van der Waals surface area (Å²) in [5.74, 6) is 2.07. The molecule has 2 rings (SSSR count). The number of aromatic nitrogens is 2. The van der Waals surface area contributed by atoms with Crippen LogP contribution in [0.1, 0.15) is 50.9 Å². The molecule has 1 N–H and O–H groups in total. The molecule has 0 saturated heterocycles. The zero-order chi connectivity index (χ0) is 12.4. The van der Waals surface area contributed by atoms with Gasteiger partial charge in [0.05, 0.1) is 11.9 Å². The Morgan fingerprint density at radius 1 is 0.941 bits per heavy atom. The maximum atomic E-state index is 4.39. The molecule has 1 heterocycles. The molecule has 2 heteroatoms. The minimum atomic E-state index is 0.443. The quantitative estimate of drug-likeness (QED) is 0.832. The fourth-order valence-electron chi connectivity index (χ4n) is 1.82. The molecule has 1 aromatic heterocycles. The Bertz CT molecular complexity index is 478. The van der Waals surface area contributed by atoms with Crippen molar-refractivity contribution in [1.82, 2.24) is 9.97 Å². The summed E-state index contributed by atoms with van der Waals surface area (Å²) in [6.07, 6.45) is 1.92. The van der Waals surface area contributed by atoms with E-state index < -0.39 is 0 Å². The Labute approximate surface area is 103 Å². The molecule has 0 amide bonds. The van der Waals surface area contributed by atoms with Crippen LogP contribution < -0.4 is 0 Å². The first-order valence-electron chi connectivity index (χ1n) is 6.23. The van der Waals surface area contributed by atoms with Gasteiger partial charge in [-0.1, -0.05) is 52.0 Å². The second kappa shape index (κ2) is 4.74. The zero-order valence-electron chi connectivity index (χ0n) is 11.0. The van der Waals surface area contributed by atoms with Crippen LogP contribution in [0.5, 0.6) is 0 Å². The Balaban J connectivity index is 2.27. The third-order valence-electron chi connectivity index (χ3n) is 3.03. The lowest BCUT2D eigenvalue weighted by Gasteiger charge is -2.05. The van der Waals surface area contributed by atoms with E-state index in [2.05, 4.69) is 61.9 Å². The highest BCUT2D eigenvalue weighted by atomic mass is 14.9. The van der Waals surface area contributed by atoms with Gasteiger partial charge in [-0.25, -0.2) is 4.98 Å². The van der Waals surface area contributed by atoms with Crippen molar-refractivity contribution in [1.29, 1.82) is 0 Å². The maximum absolute atomic E-state index is 4.39. The molecule has 1 aromatic carbocycles. The molecule has 0 aliphatic carbocycles. The van der Waals surface area contributed by atoms with Crippen LogP contribution in [0, 0.1) is 0 Å². The van der Waals surface area contributed by atoms with Crippen LogP contribution in [0.15, 0.2) is 30.5 Å². The van der Waals surface area contributed by atoms with Gasteiger partial charge in [0, 0.05) is 5.92 Å². The summed E-state index contributed by atoms with van der Waals surface area (Å²) in [5.41, 5.74) is 3.68. The lowest BCUT2D eigenvalue weighted by Crippen LogP contribution is -1.90. The van der Waals surface area contributed by atoms with Gasteiger partial charge in [0.25, 0.3) is 0 Å². The molecule has 90 valence electrons. The fraction of sp³-hybridized carbons (Fsp3) is 0.400. The molecule has 0 fully saturated rings. The summed E-state index contributed by atoms with van der Waals surface area (Å²) in [5, 5.41) is 0. The predicted molar refractivity (Wildman–Crippen MR) is 72.2 cm³/mol. The van der Waals surface area contributed by atoms with E-state index in [1.54, 1.807) is 0 Å². The number of benzene rings is 1. The number of H-pyrrole nitrogens is 1. The van der Waals surface area contributed by atoms with Gasteiger partial charge in [0.2, 0.25) is 0 Å². The molecule has 0 atom stereocenters. The third kappa shape index (κ3) is 2.57. The minimum absolute atomic E-state index is 0.443. The largest absolute Gasteiger partial charge is 0.342 e. The predicted octanol–water partition coefficient (Wildman–Crippen LogP) is 4.32. The summed E-state index contributed by atoms with van der Waals surface area (Å²) in [4.78, 5) is 7.76. The molecule has 2 aromatic rings. The molecule has 0 aliphatic rings. The van der Waals surface area contributed by atoms with Gasteiger partial charge in [-0.05, 0) is 17.0 Å².